The molecule has 0 bridgehead atoms. The van der Waals surface area contributed by atoms with Gasteiger partial charge in [0.2, 0.25) is 5.95 Å². The molecule has 2 rings (SSSR count). The van der Waals surface area contributed by atoms with Crippen LogP contribution in [0, 0.1) is 5.95 Å². The summed E-state index contributed by atoms with van der Waals surface area (Å²) < 4.78 is 46.8. The number of halogens is 2. The van der Waals surface area contributed by atoms with Crippen LogP contribution in [0.5, 0.6) is 0 Å². The summed E-state index contributed by atoms with van der Waals surface area (Å²) in [5, 5.41) is 1.77. The number of nitrogens with zero attached hydrogens (tertiary/aromatic N) is 1. The molecule has 2 heterocycles. The number of aromatic nitrogens is 1. The van der Waals surface area contributed by atoms with E-state index < -0.39 is 21.1 Å². The highest BCUT2D eigenvalue weighted by molar-refractivity contribution is 7.86. The molecule has 0 saturated heterocycles. The number of pyridine rings is 1. The summed E-state index contributed by atoms with van der Waals surface area (Å²) in [6.45, 7) is 0. The maximum absolute atomic E-state index is 13.2. The Bertz CT molecular complexity index is 608. The SMILES string of the molecule is O=S(=O)(F)c1ccc(-c2cccs2)nc1F. The molecular weight excluding hydrogens is 256 g/mol. The van der Waals surface area contributed by atoms with Gasteiger partial charge in [0.15, 0.2) is 4.90 Å². The lowest BCUT2D eigenvalue weighted by Crippen LogP contribution is -1.99. The Labute approximate surface area is 94.6 Å². The summed E-state index contributed by atoms with van der Waals surface area (Å²) in [6, 6.07) is 5.59. The Kier molecular flexibility index (Phi) is 2.73. The van der Waals surface area contributed by atoms with Gasteiger partial charge in [-0.15, -0.1) is 15.2 Å². The Hall–Kier alpha value is -1.34. The van der Waals surface area contributed by atoms with E-state index >= 15 is 0 Å². The molecule has 2 aromatic heterocycles. The van der Waals surface area contributed by atoms with Gasteiger partial charge in [0.25, 0.3) is 0 Å². The third-order valence-corrected chi connectivity index (χ3v) is 3.57. The zero-order valence-electron chi connectivity index (χ0n) is 7.72. The van der Waals surface area contributed by atoms with Gasteiger partial charge in [0.05, 0.1) is 10.6 Å². The molecule has 0 spiro atoms. The van der Waals surface area contributed by atoms with Gasteiger partial charge in [-0.2, -0.15) is 12.8 Å². The molecule has 2 aromatic rings. The fourth-order valence-electron chi connectivity index (χ4n) is 1.16. The second-order valence-corrected chi connectivity index (χ2v) is 5.16. The lowest BCUT2D eigenvalue weighted by Gasteiger charge is -1.99. The molecule has 0 aliphatic heterocycles. The van der Waals surface area contributed by atoms with Crippen LogP contribution in [0.15, 0.2) is 34.5 Å². The zero-order chi connectivity index (χ0) is 11.8. The van der Waals surface area contributed by atoms with Crippen molar-refractivity contribution in [2.75, 3.05) is 0 Å². The standard InChI is InChI=1S/C9H5F2NO2S2/c10-9-8(16(11,13)14)4-3-6(12-9)7-2-1-5-15-7/h1-5H. The summed E-state index contributed by atoms with van der Waals surface area (Å²) in [6.07, 6.45) is 0. The molecule has 84 valence electrons. The minimum Gasteiger partial charge on any atom is -0.218 e. The van der Waals surface area contributed by atoms with E-state index in [-0.39, 0.29) is 5.69 Å². The van der Waals surface area contributed by atoms with Crippen molar-refractivity contribution in [3.8, 4) is 10.6 Å². The quantitative estimate of drug-likeness (QED) is 0.616. The van der Waals surface area contributed by atoms with Crippen LogP contribution in [-0.2, 0) is 10.2 Å². The van der Waals surface area contributed by atoms with Crippen LogP contribution >= 0.6 is 11.3 Å². The summed E-state index contributed by atoms with van der Waals surface area (Å²) in [4.78, 5) is 3.05. The van der Waals surface area contributed by atoms with Gasteiger partial charge in [-0.25, -0.2) is 4.98 Å². The average Bonchev–Trinajstić information content (AvgIpc) is 2.68. The first-order valence-electron chi connectivity index (χ1n) is 4.13. The van der Waals surface area contributed by atoms with Gasteiger partial charge in [0, 0.05) is 0 Å². The van der Waals surface area contributed by atoms with E-state index in [1.807, 2.05) is 0 Å². The van der Waals surface area contributed by atoms with E-state index in [9.17, 15) is 16.7 Å². The van der Waals surface area contributed by atoms with E-state index in [2.05, 4.69) is 4.98 Å². The predicted molar refractivity (Wildman–Crippen MR) is 55.8 cm³/mol. The number of rotatable bonds is 2. The van der Waals surface area contributed by atoms with Crippen LogP contribution < -0.4 is 0 Å². The van der Waals surface area contributed by atoms with Crippen molar-refractivity contribution in [1.29, 1.82) is 0 Å². The molecule has 16 heavy (non-hydrogen) atoms. The van der Waals surface area contributed by atoms with Crippen molar-refractivity contribution in [2.45, 2.75) is 4.90 Å². The highest BCUT2D eigenvalue weighted by Gasteiger charge is 2.19. The normalized spacial score (nSPS) is 11.6. The van der Waals surface area contributed by atoms with E-state index in [0.29, 0.717) is 4.88 Å². The monoisotopic (exact) mass is 261 g/mol. The fraction of sp³-hybridized carbons (Fsp3) is 0. The van der Waals surface area contributed by atoms with Gasteiger partial charge < -0.3 is 0 Å². The number of thiophene rings is 1. The maximum Gasteiger partial charge on any atom is 0.336 e. The van der Waals surface area contributed by atoms with Crippen LogP contribution in [0.25, 0.3) is 10.6 Å². The van der Waals surface area contributed by atoms with Crippen LogP contribution in [0.2, 0.25) is 0 Å². The van der Waals surface area contributed by atoms with Gasteiger partial charge in [-0.3, -0.25) is 0 Å². The zero-order valence-corrected chi connectivity index (χ0v) is 9.36. The van der Waals surface area contributed by atoms with Crippen molar-refractivity contribution in [3.05, 3.63) is 35.6 Å². The maximum atomic E-state index is 13.2. The molecule has 7 heteroatoms. The molecule has 0 radical (unpaired) electrons. The van der Waals surface area contributed by atoms with Crippen LogP contribution in [0.1, 0.15) is 0 Å². The largest absolute Gasteiger partial charge is 0.336 e. The van der Waals surface area contributed by atoms with Crippen molar-refractivity contribution < 1.29 is 16.7 Å². The number of hydrogen-bond acceptors (Lipinski definition) is 4. The van der Waals surface area contributed by atoms with Crippen LogP contribution in [0.4, 0.5) is 8.28 Å². The Morgan fingerprint density at radius 3 is 2.50 bits per heavy atom. The molecule has 0 aromatic carbocycles. The smallest absolute Gasteiger partial charge is 0.218 e. The summed E-state index contributed by atoms with van der Waals surface area (Å²) >= 11 is 1.33. The van der Waals surface area contributed by atoms with Gasteiger partial charge in [0.1, 0.15) is 0 Å². The van der Waals surface area contributed by atoms with Gasteiger partial charge in [-0.05, 0) is 23.6 Å². The third kappa shape index (κ3) is 2.10. The molecule has 0 unspecified atom stereocenters. The van der Waals surface area contributed by atoms with Crippen LogP contribution in [-0.4, -0.2) is 13.4 Å². The molecule has 0 aliphatic carbocycles. The van der Waals surface area contributed by atoms with Crippen LogP contribution in [0.3, 0.4) is 0 Å². The van der Waals surface area contributed by atoms with Crippen molar-refractivity contribution in [3.63, 3.8) is 0 Å². The van der Waals surface area contributed by atoms with Crippen molar-refractivity contribution in [1.82, 2.24) is 4.98 Å². The van der Waals surface area contributed by atoms with E-state index in [1.165, 1.54) is 17.4 Å². The van der Waals surface area contributed by atoms with E-state index in [0.717, 1.165) is 6.07 Å². The average molecular weight is 261 g/mol. The summed E-state index contributed by atoms with van der Waals surface area (Å²) in [5.41, 5.74) is 0.278. The molecule has 0 N–H and O–H groups in total. The van der Waals surface area contributed by atoms with Crippen molar-refractivity contribution in [2.24, 2.45) is 0 Å². The second kappa shape index (κ2) is 3.91. The molecular formula is C9H5F2NO2S2. The Morgan fingerprint density at radius 2 is 2.00 bits per heavy atom. The second-order valence-electron chi connectivity index (χ2n) is 2.90. The molecule has 0 fully saturated rings. The molecule has 0 aliphatic rings. The third-order valence-electron chi connectivity index (χ3n) is 1.85. The minimum absolute atomic E-state index is 0.278. The molecule has 0 saturated carbocycles. The molecule has 3 nitrogen and oxygen atoms in total. The number of hydrogen-bond donors (Lipinski definition) is 0. The fourth-order valence-corrected chi connectivity index (χ4v) is 2.34. The van der Waals surface area contributed by atoms with Gasteiger partial charge in [-0.1, -0.05) is 6.07 Å². The Balaban J connectivity index is 2.53. The summed E-state index contributed by atoms with van der Waals surface area (Å²) in [5.74, 6) is -1.33. The topological polar surface area (TPSA) is 47.0 Å². The van der Waals surface area contributed by atoms with E-state index in [4.69, 9.17) is 0 Å². The first kappa shape index (κ1) is 11.2. The minimum atomic E-state index is -5.05. The highest BCUT2D eigenvalue weighted by Crippen LogP contribution is 2.25. The van der Waals surface area contributed by atoms with Gasteiger partial charge >= 0.3 is 10.2 Å². The van der Waals surface area contributed by atoms with Crippen molar-refractivity contribution >= 4 is 21.6 Å². The Morgan fingerprint density at radius 1 is 1.25 bits per heavy atom. The first-order chi connectivity index (χ1) is 7.48. The summed E-state index contributed by atoms with van der Waals surface area (Å²) in [7, 11) is -5.05. The highest BCUT2D eigenvalue weighted by atomic mass is 32.3. The van der Waals surface area contributed by atoms with E-state index in [1.54, 1.807) is 17.5 Å². The molecule has 0 amide bonds. The lowest BCUT2D eigenvalue weighted by molar-refractivity contribution is 0.518. The lowest BCUT2D eigenvalue weighted by atomic mass is 10.3. The molecule has 0 atom stereocenters. The predicted octanol–water partition coefficient (Wildman–Crippen LogP) is 2.61. The first-order valence-corrected chi connectivity index (χ1v) is 6.40.